The van der Waals surface area contributed by atoms with Crippen LogP contribution in [0.1, 0.15) is 27.7 Å². The van der Waals surface area contributed by atoms with E-state index in [1.807, 2.05) is 30.3 Å². The smallest absolute Gasteiger partial charge is 0.268 e. The number of likely N-dealkylation sites (N-methyl/N-ethyl adjacent to an activating group) is 1. The van der Waals surface area contributed by atoms with Gasteiger partial charge in [0.2, 0.25) is 0 Å². The highest BCUT2D eigenvalue weighted by Gasteiger charge is 2.39. The minimum atomic E-state index is -1.27. The van der Waals surface area contributed by atoms with Crippen molar-refractivity contribution in [2.45, 2.75) is 24.6 Å². The van der Waals surface area contributed by atoms with E-state index in [4.69, 9.17) is 16.3 Å². The second-order valence-corrected chi connectivity index (χ2v) is 8.20. The number of aromatic amines is 1. The maximum Gasteiger partial charge on any atom is 0.268 e. The molecule has 0 saturated heterocycles. The highest BCUT2D eigenvalue weighted by Crippen LogP contribution is 2.36. The summed E-state index contributed by atoms with van der Waals surface area (Å²) in [6, 6.07) is 14.2. The Morgan fingerprint density at radius 2 is 2.06 bits per heavy atom. The van der Waals surface area contributed by atoms with Gasteiger partial charge in [-0.15, -0.1) is 0 Å². The minimum absolute atomic E-state index is 0.0911. The first-order chi connectivity index (χ1) is 14.9. The van der Waals surface area contributed by atoms with E-state index in [0.29, 0.717) is 17.1 Å². The molecule has 1 aliphatic rings. The van der Waals surface area contributed by atoms with Crippen LogP contribution in [-0.4, -0.2) is 59.7 Å². The maximum absolute atomic E-state index is 13.0. The van der Waals surface area contributed by atoms with Crippen molar-refractivity contribution in [2.24, 2.45) is 0 Å². The molecule has 3 N–H and O–H groups in total. The fourth-order valence-electron chi connectivity index (χ4n) is 4.26. The number of hydrogen-bond acceptors (Lipinski definition) is 4. The number of aromatic nitrogens is 1. The number of hydrogen-bond donors (Lipinski definition) is 3. The molecule has 0 saturated carbocycles. The Kier molecular flexibility index (Phi) is 6.00. The fraction of sp³-hybridized carbons (Fsp3) is 0.304. The highest BCUT2D eigenvalue weighted by atomic mass is 35.5. The summed E-state index contributed by atoms with van der Waals surface area (Å²) in [5, 5.41) is 14.6. The van der Waals surface area contributed by atoms with Crippen LogP contribution >= 0.6 is 11.6 Å². The molecule has 3 aromatic rings. The number of halogens is 1. The van der Waals surface area contributed by atoms with Gasteiger partial charge in [0.1, 0.15) is 5.69 Å². The monoisotopic (exact) mass is 441 g/mol. The lowest BCUT2D eigenvalue weighted by Crippen LogP contribution is -2.48. The van der Waals surface area contributed by atoms with Gasteiger partial charge in [0.05, 0.1) is 18.7 Å². The van der Waals surface area contributed by atoms with Crippen LogP contribution in [0.5, 0.6) is 0 Å². The Bertz CT molecular complexity index is 1130. The number of nitrogens with one attached hydrogen (secondary N) is 2. The number of methoxy groups -OCH3 is 1. The first-order valence-corrected chi connectivity index (χ1v) is 10.4. The van der Waals surface area contributed by atoms with E-state index < -0.39 is 18.1 Å². The number of ether oxygens (including phenoxy) is 1. The minimum Gasteiger partial charge on any atom is -0.381 e. The van der Waals surface area contributed by atoms with E-state index >= 15 is 0 Å². The van der Waals surface area contributed by atoms with Gasteiger partial charge in [-0.05, 0) is 41.8 Å². The molecule has 3 atom stereocenters. The van der Waals surface area contributed by atoms with Gasteiger partial charge in [-0.1, -0.05) is 35.9 Å². The normalized spacial score (nSPS) is 18.6. The number of fused-ring (bicyclic) bond motifs is 2. The molecular weight excluding hydrogens is 418 g/mol. The average Bonchev–Trinajstić information content (AvgIpc) is 3.33. The zero-order valence-corrected chi connectivity index (χ0v) is 18.0. The maximum atomic E-state index is 13.0. The number of rotatable bonds is 6. The van der Waals surface area contributed by atoms with Gasteiger partial charge >= 0.3 is 0 Å². The molecule has 8 heteroatoms. The lowest BCUT2D eigenvalue weighted by Gasteiger charge is -2.32. The van der Waals surface area contributed by atoms with Crippen LogP contribution in [0.4, 0.5) is 0 Å². The highest BCUT2D eigenvalue weighted by molar-refractivity contribution is 6.31. The first-order valence-electron chi connectivity index (χ1n) is 9.99. The van der Waals surface area contributed by atoms with E-state index in [2.05, 4.69) is 10.3 Å². The number of aliphatic hydroxyl groups excluding tert-OH is 1. The summed E-state index contributed by atoms with van der Waals surface area (Å²) in [7, 11) is 3.07. The Hall–Kier alpha value is -2.87. The van der Waals surface area contributed by atoms with Crippen LogP contribution < -0.4 is 5.32 Å². The summed E-state index contributed by atoms with van der Waals surface area (Å²) in [6.07, 6.45) is -0.686. The molecular formula is C23H24ClN3O4. The Labute approximate surface area is 185 Å². The summed E-state index contributed by atoms with van der Waals surface area (Å²) in [5.41, 5.74) is 3.25. The molecule has 2 aromatic carbocycles. The summed E-state index contributed by atoms with van der Waals surface area (Å²) in [6.45, 7) is -0.0911. The Morgan fingerprint density at radius 3 is 2.84 bits per heavy atom. The summed E-state index contributed by atoms with van der Waals surface area (Å²) < 4.78 is 4.91. The predicted octanol–water partition coefficient (Wildman–Crippen LogP) is 2.68. The molecule has 0 bridgehead atoms. The molecule has 162 valence electrons. The van der Waals surface area contributed by atoms with Crippen molar-refractivity contribution in [3.63, 3.8) is 0 Å². The molecule has 7 nitrogen and oxygen atoms in total. The van der Waals surface area contributed by atoms with E-state index in [1.165, 1.54) is 12.0 Å². The van der Waals surface area contributed by atoms with Gasteiger partial charge in [-0.2, -0.15) is 0 Å². The van der Waals surface area contributed by atoms with Gasteiger partial charge in [0.15, 0.2) is 6.10 Å². The largest absolute Gasteiger partial charge is 0.381 e. The quantitative estimate of drug-likeness (QED) is 0.548. The molecule has 31 heavy (non-hydrogen) atoms. The van der Waals surface area contributed by atoms with Crippen molar-refractivity contribution in [3.8, 4) is 0 Å². The molecule has 1 aliphatic carbocycles. The van der Waals surface area contributed by atoms with Gasteiger partial charge < -0.3 is 25.0 Å². The summed E-state index contributed by atoms with van der Waals surface area (Å²) >= 11 is 6.05. The van der Waals surface area contributed by atoms with Gasteiger partial charge in [-0.25, -0.2) is 0 Å². The number of benzene rings is 2. The van der Waals surface area contributed by atoms with Crippen LogP contribution in [0.2, 0.25) is 5.02 Å². The Balaban J connectivity index is 1.59. The zero-order valence-electron chi connectivity index (χ0n) is 17.3. The number of aliphatic hydroxyl groups is 1. The van der Waals surface area contributed by atoms with Crippen molar-refractivity contribution in [1.82, 2.24) is 15.2 Å². The van der Waals surface area contributed by atoms with Crippen molar-refractivity contribution in [1.29, 1.82) is 0 Å². The molecule has 1 heterocycles. The fourth-order valence-corrected chi connectivity index (χ4v) is 4.44. The van der Waals surface area contributed by atoms with Gasteiger partial charge in [0, 0.05) is 30.1 Å². The van der Waals surface area contributed by atoms with Crippen molar-refractivity contribution >= 4 is 34.3 Å². The lowest BCUT2D eigenvalue weighted by atomic mass is 10.0. The number of nitrogens with zero attached hydrogens (tertiary/aromatic N) is 1. The lowest BCUT2D eigenvalue weighted by molar-refractivity contribution is -0.144. The van der Waals surface area contributed by atoms with Crippen LogP contribution in [0.25, 0.3) is 10.9 Å². The third-order valence-corrected chi connectivity index (χ3v) is 5.95. The second-order valence-electron chi connectivity index (χ2n) is 7.76. The van der Waals surface area contributed by atoms with Crippen molar-refractivity contribution in [3.05, 3.63) is 70.4 Å². The predicted molar refractivity (Wildman–Crippen MR) is 118 cm³/mol. The summed E-state index contributed by atoms with van der Waals surface area (Å²) in [5.74, 6) is -0.725. The second kappa shape index (κ2) is 8.70. The molecule has 1 aromatic heterocycles. The number of amides is 2. The van der Waals surface area contributed by atoms with E-state index in [9.17, 15) is 14.7 Å². The topological polar surface area (TPSA) is 94.7 Å². The van der Waals surface area contributed by atoms with E-state index in [0.717, 1.165) is 22.0 Å². The number of carbonyl (C=O) groups excluding carboxylic acids is 2. The van der Waals surface area contributed by atoms with Crippen LogP contribution in [0.15, 0.2) is 48.5 Å². The molecule has 0 unspecified atom stereocenters. The third-order valence-electron chi connectivity index (χ3n) is 5.71. The van der Waals surface area contributed by atoms with Crippen LogP contribution in [0, 0.1) is 0 Å². The molecule has 4 rings (SSSR count). The molecule has 0 radical (unpaired) electrons. The summed E-state index contributed by atoms with van der Waals surface area (Å²) in [4.78, 5) is 30.4. The Morgan fingerprint density at radius 1 is 1.29 bits per heavy atom. The van der Waals surface area contributed by atoms with Crippen molar-refractivity contribution in [2.75, 3.05) is 20.8 Å². The van der Waals surface area contributed by atoms with E-state index in [-0.39, 0.29) is 18.6 Å². The number of carbonyl (C=O) groups is 2. The third kappa shape index (κ3) is 4.17. The van der Waals surface area contributed by atoms with Crippen LogP contribution in [0.3, 0.4) is 0 Å². The van der Waals surface area contributed by atoms with Crippen LogP contribution in [-0.2, 0) is 16.0 Å². The molecule has 0 aliphatic heterocycles. The average molecular weight is 442 g/mol. The molecule has 0 fully saturated rings. The zero-order chi connectivity index (χ0) is 22.1. The number of H-pyrrole nitrogens is 1. The standard InChI is InChI=1S/C23H24ClN3O4/c1-27(23(30)20(28)12-31-2)21-16-6-4-3-5-13(16)10-18(21)26-22(29)19-11-14-9-15(24)7-8-17(14)25-19/h3-9,11,18,20-21,25,28H,10,12H2,1-2H3,(H,26,29)/t18-,20+,21+/m1/s1. The van der Waals surface area contributed by atoms with Gasteiger partial charge in [0.25, 0.3) is 11.8 Å². The van der Waals surface area contributed by atoms with Gasteiger partial charge in [-0.3, -0.25) is 9.59 Å². The SMILES string of the molecule is COC[C@H](O)C(=O)N(C)[C@H]1c2ccccc2C[C@H]1NC(=O)c1cc2cc(Cl)ccc2[nH]1. The van der Waals surface area contributed by atoms with E-state index in [1.54, 1.807) is 25.2 Å². The van der Waals surface area contributed by atoms with Crippen molar-refractivity contribution < 1.29 is 19.4 Å². The molecule has 0 spiro atoms. The first kappa shape index (κ1) is 21.4. The molecule has 2 amide bonds.